The van der Waals surface area contributed by atoms with E-state index in [4.69, 9.17) is 14.4 Å². The van der Waals surface area contributed by atoms with Crippen LogP contribution in [-0.2, 0) is 0 Å². The van der Waals surface area contributed by atoms with Gasteiger partial charge in [-0.1, -0.05) is 140 Å². The van der Waals surface area contributed by atoms with Gasteiger partial charge in [0.2, 0.25) is 0 Å². The van der Waals surface area contributed by atoms with Crippen molar-refractivity contribution < 1.29 is 4.42 Å². The van der Waals surface area contributed by atoms with Gasteiger partial charge in [-0.25, -0.2) is 4.99 Å². The zero-order chi connectivity index (χ0) is 38.0. The lowest BCUT2D eigenvalue weighted by atomic mass is 9.94. The molecule has 0 spiro atoms. The molecule has 11 aromatic rings. The number of rotatable bonds is 5. The molecule has 0 radical (unpaired) electrons. The summed E-state index contributed by atoms with van der Waals surface area (Å²) in [4.78, 5) is 10.8. The Morgan fingerprint density at radius 3 is 2.04 bits per heavy atom. The van der Waals surface area contributed by atoms with Crippen LogP contribution in [0.4, 0.5) is 0 Å². The second-order valence-corrected chi connectivity index (χ2v) is 16.0. The van der Waals surface area contributed by atoms with Crippen LogP contribution in [0, 0.1) is 0 Å². The lowest BCUT2D eigenvalue weighted by Crippen LogP contribution is -2.06. The van der Waals surface area contributed by atoms with Crippen molar-refractivity contribution >= 4 is 97.3 Å². The number of aliphatic imine (C=N–C) groups is 2. The fraction of sp³-hybridized carbons (Fsp3) is 0.0566. The van der Waals surface area contributed by atoms with E-state index < -0.39 is 0 Å². The van der Waals surface area contributed by atoms with Crippen LogP contribution in [0.15, 0.2) is 190 Å². The summed E-state index contributed by atoms with van der Waals surface area (Å²) in [5, 5.41) is 12.1. The molecule has 2 heterocycles. The molecule has 270 valence electrons. The predicted molar refractivity (Wildman–Crippen MR) is 245 cm³/mol. The molecule has 0 bridgehead atoms. The summed E-state index contributed by atoms with van der Waals surface area (Å²) in [6, 6.07) is 62.7. The third-order valence-electron chi connectivity index (χ3n) is 11.5. The number of amidine groups is 1. The number of benzene rings is 9. The first-order valence-electron chi connectivity index (χ1n) is 19.5. The molecular formula is C53H36N2OS. The topological polar surface area (TPSA) is 37.9 Å². The largest absolute Gasteiger partial charge is 0.456 e. The minimum absolute atomic E-state index is 0.0988. The second-order valence-electron chi connectivity index (χ2n) is 14.9. The van der Waals surface area contributed by atoms with Crippen LogP contribution < -0.4 is 0 Å². The van der Waals surface area contributed by atoms with Crippen LogP contribution in [-0.4, -0.2) is 11.5 Å². The van der Waals surface area contributed by atoms with E-state index in [0.29, 0.717) is 5.84 Å². The minimum Gasteiger partial charge on any atom is -0.456 e. The van der Waals surface area contributed by atoms with Gasteiger partial charge in [0.15, 0.2) is 5.84 Å². The van der Waals surface area contributed by atoms with Crippen molar-refractivity contribution in [3.63, 3.8) is 0 Å². The molecule has 4 heteroatoms. The molecule has 9 aromatic carbocycles. The lowest BCUT2D eigenvalue weighted by Gasteiger charge is -2.13. The number of fused-ring (bicyclic) bond motifs is 11. The van der Waals surface area contributed by atoms with Gasteiger partial charge >= 0.3 is 0 Å². The highest BCUT2D eigenvalue weighted by molar-refractivity contribution is 7.26. The summed E-state index contributed by atoms with van der Waals surface area (Å²) in [6.07, 6.45) is 0. The zero-order valence-corrected chi connectivity index (χ0v) is 32.3. The van der Waals surface area contributed by atoms with Crippen LogP contribution >= 0.6 is 11.3 Å². The summed E-state index contributed by atoms with van der Waals surface area (Å²) >= 11 is 1.86. The zero-order valence-electron chi connectivity index (χ0n) is 31.5. The average molecular weight is 749 g/mol. The monoisotopic (exact) mass is 748 g/mol. The molecule has 11 rings (SSSR count). The first-order valence-corrected chi connectivity index (χ1v) is 20.3. The molecule has 0 fully saturated rings. The first-order chi connectivity index (χ1) is 28.1. The molecule has 57 heavy (non-hydrogen) atoms. The summed E-state index contributed by atoms with van der Waals surface area (Å²) in [5.74, 6) is 0.700. The molecule has 0 aliphatic rings. The molecule has 1 unspecified atom stereocenters. The highest BCUT2D eigenvalue weighted by Gasteiger charge is 2.19. The molecule has 2 aromatic heterocycles. The molecular weight excluding hydrogens is 713 g/mol. The Morgan fingerprint density at radius 1 is 0.526 bits per heavy atom. The normalized spacial score (nSPS) is 13.2. The number of thiophene rings is 1. The Bertz CT molecular complexity index is 3440. The third-order valence-corrected chi connectivity index (χ3v) is 12.6. The van der Waals surface area contributed by atoms with Crippen LogP contribution in [0.3, 0.4) is 0 Å². The SMILES string of the molecule is C/C(=N\C(=N/C(C)c1ccccc1)c1ccc2ccc3ccccc3c2c1)c1cccc2oc3cccc(-c4ccc5sc6ccc7ccccc7c6c5c4)c3c12. The van der Waals surface area contributed by atoms with Crippen molar-refractivity contribution in [2.24, 2.45) is 9.98 Å². The molecule has 0 saturated carbocycles. The van der Waals surface area contributed by atoms with E-state index >= 15 is 0 Å². The van der Waals surface area contributed by atoms with Crippen LogP contribution in [0.25, 0.3) is 85.6 Å². The maximum absolute atomic E-state index is 6.62. The van der Waals surface area contributed by atoms with Crippen molar-refractivity contribution in [2.75, 3.05) is 0 Å². The summed E-state index contributed by atoms with van der Waals surface area (Å²) in [6.45, 7) is 4.24. The fourth-order valence-corrected chi connectivity index (χ4v) is 9.74. The number of hydrogen-bond acceptors (Lipinski definition) is 3. The van der Waals surface area contributed by atoms with Gasteiger partial charge in [0.1, 0.15) is 11.2 Å². The van der Waals surface area contributed by atoms with Crippen LogP contribution in [0.2, 0.25) is 0 Å². The average Bonchev–Trinajstić information content (AvgIpc) is 3.85. The van der Waals surface area contributed by atoms with Crippen molar-refractivity contribution in [1.29, 1.82) is 0 Å². The van der Waals surface area contributed by atoms with Gasteiger partial charge in [0, 0.05) is 47.8 Å². The van der Waals surface area contributed by atoms with Gasteiger partial charge in [-0.15, -0.1) is 11.3 Å². The predicted octanol–water partition coefficient (Wildman–Crippen LogP) is 15.1. The molecule has 1 atom stereocenters. The standard InChI is InChI=1S/C53H36N2OS/c1-32(34-12-4-3-5-13-34)54-53(39-25-24-37-23-22-35-14-6-8-16-41(35)44(37)31-39)55-33(2)40-18-10-20-46-51(40)52-43(19-11-21-47(52)56-46)38-27-28-48-45(30-38)50-42-17-9-7-15-36(42)26-29-49(50)57-48/h3-32H,1-2H3/b54-53-,55-33+. The van der Waals surface area contributed by atoms with E-state index in [9.17, 15) is 0 Å². The lowest BCUT2D eigenvalue weighted by molar-refractivity contribution is 0.669. The quantitative estimate of drug-likeness (QED) is 0.0981. The van der Waals surface area contributed by atoms with Gasteiger partial charge in [0.25, 0.3) is 0 Å². The molecule has 0 saturated heterocycles. The maximum Gasteiger partial charge on any atom is 0.155 e. The van der Waals surface area contributed by atoms with E-state index in [-0.39, 0.29) is 6.04 Å². The van der Waals surface area contributed by atoms with E-state index in [1.807, 2.05) is 17.4 Å². The summed E-state index contributed by atoms with van der Waals surface area (Å²) < 4.78 is 9.22. The molecule has 0 N–H and O–H groups in total. The highest BCUT2D eigenvalue weighted by atomic mass is 32.1. The van der Waals surface area contributed by atoms with Gasteiger partial charge in [-0.3, -0.25) is 4.99 Å². The van der Waals surface area contributed by atoms with Gasteiger partial charge in [-0.05, 0) is 99.3 Å². The molecule has 0 amide bonds. The molecule has 3 nitrogen and oxygen atoms in total. The van der Waals surface area contributed by atoms with E-state index in [1.54, 1.807) is 0 Å². The fourth-order valence-electron chi connectivity index (χ4n) is 8.64. The maximum atomic E-state index is 6.62. The Balaban J connectivity index is 1.10. The number of furan rings is 1. The summed E-state index contributed by atoms with van der Waals surface area (Å²) in [7, 11) is 0. The minimum atomic E-state index is -0.0988. The van der Waals surface area contributed by atoms with Crippen molar-refractivity contribution in [3.8, 4) is 11.1 Å². The Labute approximate surface area is 333 Å². The van der Waals surface area contributed by atoms with Crippen molar-refractivity contribution in [2.45, 2.75) is 19.9 Å². The Kier molecular flexibility index (Phi) is 7.87. The number of hydrogen-bond donors (Lipinski definition) is 0. The molecule has 0 aliphatic carbocycles. The number of nitrogens with zero attached hydrogens (tertiary/aromatic N) is 2. The van der Waals surface area contributed by atoms with Crippen LogP contribution in [0.1, 0.15) is 36.6 Å². The Hall–Kier alpha value is -6.88. The highest BCUT2D eigenvalue weighted by Crippen LogP contribution is 2.43. The van der Waals surface area contributed by atoms with Gasteiger partial charge in [0.05, 0.1) is 6.04 Å². The van der Waals surface area contributed by atoms with Crippen molar-refractivity contribution in [1.82, 2.24) is 0 Å². The third kappa shape index (κ3) is 5.63. The second kappa shape index (κ2) is 13.4. The van der Waals surface area contributed by atoms with E-state index in [2.05, 4.69) is 184 Å². The van der Waals surface area contributed by atoms with Crippen molar-refractivity contribution in [3.05, 3.63) is 193 Å². The smallest absolute Gasteiger partial charge is 0.155 e. The first kappa shape index (κ1) is 33.5. The molecule has 0 aliphatic heterocycles. The van der Waals surface area contributed by atoms with E-state index in [1.165, 1.54) is 52.5 Å². The van der Waals surface area contributed by atoms with Gasteiger partial charge in [-0.2, -0.15) is 0 Å². The van der Waals surface area contributed by atoms with E-state index in [0.717, 1.165) is 55.5 Å². The Morgan fingerprint density at radius 2 is 1.19 bits per heavy atom. The van der Waals surface area contributed by atoms with Gasteiger partial charge < -0.3 is 4.42 Å². The van der Waals surface area contributed by atoms with Crippen LogP contribution in [0.5, 0.6) is 0 Å². The summed E-state index contributed by atoms with van der Waals surface area (Å²) in [5.41, 5.74) is 8.03.